The van der Waals surface area contributed by atoms with Crippen molar-refractivity contribution in [1.29, 1.82) is 0 Å². The van der Waals surface area contributed by atoms with Crippen molar-refractivity contribution in [3.63, 3.8) is 0 Å². The molecule has 4 nitrogen and oxygen atoms in total. The quantitative estimate of drug-likeness (QED) is 0.832. The van der Waals surface area contributed by atoms with E-state index in [1.54, 1.807) is 25.7 Å². The predicted octanol–water partition coefficient (Wildman–Crippen LogP) is 2.04. The number of rotatable bonds is 2. The molecule has 2 N–H and O–H groups in total. The molecule has 0 saturated carbocycles. The van der Waals surface area contributed by atoms with E-state index in [1.165, 1.54) is 0 Å². The molecule has 2 rings (SSSR count). The average molecular weight is 215 g/mol. The van der Waals surface area contributed by atoms with Crippen LogP contribution in [0.25, 0.3) is 11.1 Å². The molecule has 4 heteroatoms. The van der Waals surface area contributed by atoms with Gasteiger partial charge in [-0.1, -0.05) is 0 Å². The van der Waals surface area contributed by atoms with Crippen LogP contribution in [0.1, 0.15) is 5.69 Å². The first-order valence-corrected chi connectivity index (χ1v) is 4.92. The van der Waals surface area contributed by atoms with Crippen molar-refractivity contribution in [2.24, 2.45) is 0 Å². The number of nitrogens with two attached hydrogens (primary N) is 1. The number of hydrogen-bond acceptors (Lipinski definition) is 4. The maximum atomic E-state index is 5.81. The van der Waals surface area contributed by atoms with E-state index < -0.39 is 0 Å². The summed E-state index contributed by atoms with van der Waals surface area (Å²) >= 11 is 0. The molecule has 0 spiro atoms. The van der Waals surface area contributed by atoms with Crippen LogP contribution in [0.5, 0.6) is 5.75 Å². The monoisotopic (exact) mass is 215 g/mol. The molecule has 0 aliphatic rings. The average Bonchev–Trinajstić information content (AvgIpc) is 2.33. The maximum absolute atomic E-state index is 5.81. The first kappa shape index (κ1) is 10.4. The van der Waals surface area contributed by atoms with Crippen molar-refractivity contribution in [3.05, 3.63) is 36.4 Å². The van der Waals surface area contributed by atoms with E-state index in [1.807, 2.05) is 19.1 Å². The molecule has 16 heavy (non-hydrogen) atoms. The number of nitrogen functional groups attached to an aromatic ring is 1. The molecule has 0 unspecified atom stereocenters. The lowest BCUT2D eigenvalue weighted by atomic mass is 10.1. The largest absolute Gasteiger partial charge is 0.495 e. The third kappa shape index (κ3) is 1.95. The van der Waals surface area contributed by atoms with Crippen LogP contribution in [0.2, 0.25) is 0 Å². The Kier molecular flexibility index (Phi) is 2.72. The zero-order valence-electron chi connectivity index (χ0n) is 9.27. The standard InChI is InChI=1S/C12H13N3O/c1-8-12(13)4-10(6-15-8)9-3-11(16-2)7-14-5-9/h3-7H,13H2,1-2H3. The van der Waals surface area contributed by atoms with Gasteiger partial charge in [-0.2, -0.15) is 0 Å². The molecule has 0 radical (unpaired) electrons. The van der Waals surface area contributed by atoms with E-state index in [4.69, 9.17) is 10.5 Å². The normalized spacial score (nSPS) is 10.1. The predicted molar refractivity (Wildman–Crippen MR) is 63.2 cm³/mol. The second-order valence-electron chi connectivity index (χ2n) is 3.51. The topological polar surface area (TPSA) is 61.0 Å². The van der Waals surface area contributed by atoms with E-state index >= 15 is 0 Å². The van der Waals surface area contributed by atoms with Crippen LogP contribution in [0.3, 0.4) is 0 Å². The molecule has 0 aliphatic carbocycles. The van der Waals surface area contributed by atoms with E-state index in [0.717, 1.165) is 22.6 Å². The summed E-state index contributed by atoms with van der Waals surface area (Å²) < 4.78 is 5.12. The van der Waals surface area contributed by atoms with Crippen LogP contribution in [-0.2, 0) is 0 Å². The number of hydrogen-bond donors (Lipinski definition) is 1. The number of anilines is 1. The summed E-state index contributed by atoms with van der Waals surface area (Å²) in [6.07, 6.45) is 5.20. The minimum Gasteiger partial charge on any atom is -0.495 e. The van der Waals surface area contributed by atoms with Gasteiger partial charge in [0, 0.05) is 23.5 Å². The van der Waals surface area contributed by atoms with Crippen LogP contribution in [0.4, 0.5) is 5.69 Å². The SMILES string of the molecule is COc1cncc(-c2cnc(C)c(N)c2)c1. The van der Waals surface area contributed by atoms with Crippen LogP contribution in [0.15, 0.2) is 30.7 Å². The molecule has 0 saturated heterocycles. The summed E-state index contributed by atoms with van der Waals surface area (Å²) in [7, 11) is 1.61. The Balaban J connectivity index is 2.46. The van der Waals surface area contributed by atoms with E-state index in [2.05, 4.69) is 9.97 Å². The minimum atomic E-state index is 0.681. The Hall–Kier alpha value is -2.10. The highest BCUT2D eigenvalue weighted by molar-refractivity contribution is 5.67. The summed E-state index contributed by atoms with van der Waals surface area (Å²) in [6.45, 7) is 1.88. The molecule has 82 valence electrons. The van der Waals surface area contributed by atoms with E-state index in [-0.39, 0.29) is 0 Å². The molecule has 0 amide bonds. The van der Waals surface area contributed by atoms with Gasteiger partial charge in [0.1, 0.15) is 5.75 Å². The van der Waals surface area contributed by atoms with Gasteiger partial charge in [-0.3, -0.25) is 9.97 Å². The molecule has 0 aromatic carbocycles. The van der Waals surface area contributed by atoms with Gasteiger partial charge in [-0.05, 0) is 19.1 Å². The number of aromatic nitrogens is 2. The lowest BCUT2D eigenvalue weighted by molar-refractivity contribution is 0.413. The van der Waals surface area contributed by atoms with Gasteiger partial charge in [0.2, 0.25) is 0 Å². The van der Waals surface area contributed by atoms with Crippen molar-refractivity contribution >= 4 is 5.69 Å². The molecule has 0 bridgehead atoms. The third-order valence-electron chi connectivity index (χ3n) is 2.41. The Morgan fingerprint density at radius 2 is 1.88 bits per heavy atom. The fourth-order valence-electron chi connectivity index (χ4n) is 1.40. The number of nitrogens with zero attached hydrogens (tertiary/aromatic N) is 2. The second kappa shape index (κ2) is 4.18. The van der Waals surface area contributed by atoms with Gasteiger partial charge in [0.05, 0.1) is 24.7 Å². The van der Waals surface area contributed by atoms with E-state index in [0.29, 0.717) is 5.69 Å². The lowest BCUT2D eigenvalue weighted by Gasteiger charge is -2.05. The Morgan fingerprint density at radius 3 is 2.56 bits per heavy atom. The fraction of sp³-hybridized carbons (Fsp3) is 0.167. The van der Waals surface area contributed by atoms with Crippen molar-refractivity contribution in [1.82, 2.24) is 9.97 Å². The van der Waals surface area contributed by atoms with Gasteiger partial charge < -0.3 is 10.5 Å². The van der Waals surface area contributed by atoms with Crippen LogP contribution < -0.4 is 10.5 Å². The summed E-state index contributed by atoms with van der Waals surface area (Å²) in [5.74, 6) is 0.719. The Labute approximate surface area is 94.1 Å². The summed E-state index contributed by atoms with van der Waals surface area (Å²) in [5.41, 5.74) is 9.21. The highest BCUT2D eigenvalue weighted by Crippen LogP contribution is 2.24. The number of aryl methyl sites for hydroxylation is 1. The van der Waals surface area contributed by atoms with Crippen molar-refractivity contribution in [2.75, 3.05) is 12.8 Å². The van der Waals surface area contributed by atoms with Crippen molar-refractivity contribution in [2.45, 2.75) is 6.92 Å². The Morgan fingerprint density at radius 1 is 1.12 bits per heavy atom. The van der Waals surface area contributed by atoms with E-state index in [9.17, 15) is 0 Å². The summed E-state index contributed by atoms with van der Waals surface area (Å²) in [6, 6.07) is 3.79. The highest BCUT2D eigenvalue weighted by Gasteiger charge is 2.03. The fourth-order valence-corrected chi connectivity index (χ4v) is 1.40. The maximum Gasteiger partial charge on any atom is 0.137 e. The van der Waals surface area contributed by atoms with Crippen molar-refractivity contribution in [3.8, 4) is 16.9 Å². The minimum absolute atomic E-state index is 0.681. The number of methoxy groups -OCH3 is 1. The van der Waals surface area contributed by atoms with Gasteiger partial charge in [-0.15, -0.1) is 0 Å². The van der Waals surface area contributed by atoms with Gasteiger partial charge in [-0.25, -0.2) is 0 Å². The Bertz CT molecular complexity index is 511. The van der Waals surface area contributed by atoms with Gasteiger partial charge in [0.15, 0.2) is 0 Å². The summed E-state index contributed by atoms with van der Waals surface area (Å²) in [4.78, 5) is 8.31. The first-order valence-electron chi connectivity index (χ1n) is 4.92. The zero-order chi connectivity index (χ0) is 11.5. The number of ether oxygens (including phenoxy) is 1. The van der Waals surface area contributed by atoms with Crippen molar-refractivity contribution < 1.29 is 4.74 Å². The highest BCUT2D eigenvalue weighted by atomic mass is 16.5. The first-order chi connectivity index (χ1) is 7.70. The molecular formula is C12H13N3O. The molecule has 0 atom stereocenters. The van der Waals surface area contributed by atoms with Gasteiger partial charge in [0.25, 0.3) is 0 Å². The molecule has 0 aliphatic heterocycles. The smallest absolute Gasteiger partial charge is 0.137 e. The van der Waals surface area contributed by atoms with Crippen LogP contribution in [0, 0.1) is 6.92 Å². The van der Waals surface area contributed by atoms with Crippen LogP contribution >= 0.6 is 0 Å². The second-order valence-corrected chi connectivity index (χ2v) is 3.51. The molecule has 0 fully saturated rings. The molecule has 2 aromatic heterocycles. The summed E-state index contributed by atoms with van der Waals surface area (Å²) in [5, 5.41) is 0. The molecular weight excluding hydrogens is 202 g/mol. The number of pyridine rings is 2. The zero-order valence-corrected chi connectivity index (χ0v) is 9.27. The van der Waals surface area contributed by atoms with Crippen LogP contribution in [-0.4, -0.2) is 17.1 Å². The van der Waals surface area contributed by atoms with Gasteiger partial charge >= 0.3 is 0 Å². The molecule has 2 heterocycles. The molecule has 2 aromatic rings. The third-order valence-corrected chi connectivity index (χ3v) is 2.41. The lowest BCUT2D eigenvalue weighted by Crippen LogP contribution is -1.94.